The number of rotatable bonds is 3. The lowest BCUT2D eigenvalue weighted by atomic mass is 9.88. The predicted octanol–water partition coefficient (Wildman–Crippen LogP) is 4.00. The van der Waals surface area contributed by atoms with Gasteiger partial charge in [-0.1, -0.05) is 23.2 Å². The van der Waals surface area contributed by atoms with E-state index in [0.29, 0.717) is 53.2 Å². The van der Waals surface area contributed by atoms with E-state index in [2.05, 4.69) is 15.4 Å². The highest BCUT2D eigenvalue weighted by molar-refractivity contribution is 6.34. The first-order chi connectivity index (χ1) is 15.5. The second kappa shape index (κ2) is 8.60. The topological polar surface area (TPSA) is 91.4 Å². The molecule has 3 heterocycles. The van der Waals surface area contributed by atoms with Gasteiger partial charge in [-0.25, -0.2) is 4.79 Å². The number of H-pyrrole nitrogens is 1. The van der Waals surface area contributed by atoms with Crippen LogP contribution in [0, 0.1) is 11.8 Å². The summed E-state index contributed by atoms with van der Waals surface area (Å²) in [6, 6.07) is 10.4. The summed E-state index contributed by atoms with van der Waals surface area (Å²) < 4.78 is 5.48. The van der Waals surface area contributed by atoms with Gasteiger partial charge in [0, 0.05) is 41.8 Å². The lowest BCUT2D eigenvalue weighted by molar-refractivity contribution is 0.0642. The Labute approximate surface area is 194 Å². The number of hydrogen-bond acceptors (Lipinski definition) is 5. The van der Waals surface area contributed by atoms with Gasteiger partial charge in [0.25, 0.3) is 5.91 Å². The Kier molecular flexibility index (Phi) is 5.65. The van der Waals surface area contributed by atoms with Crippen LogP contribution in [0.3, 0.4) is 0 Å². The molecule has 1 aromatic heterocycles. The number of nitrogens with one attached hydrogen (secondary N) is 1. The molecule has 0 saturated carbocycles. The van der Waals surface area contributed by atoms with Crippen LogP contribution in [-0.2, 0) is 11.3 Å². The lowest BCUT2D eigenvalue weighted by Gasteiger charge is -2.34. The van der Waals surface area contributed by atoms with Crippen LogP contribution in [0.5, 0.6) is 0 Å². The molecule has 0 radical (unpaired) electrons. The largest absolute Gasteiger partial charge is 0.445 e. The molecule has 8 nitrogen and oxygen atoms in total. The number of carbonyl (C=O) groups is 2. The smallest absolute Gasteiger partial charge is 0.410 e. The van der Waals surface area contributed by atoms with E-state index in [1.165, 1.54) is 0 Å². The molecule has 0 spiro atoms. The van der Waals surface area contributed by atoms with Crippen LogP contribution >= 0.6 is 23.2 Å². The summed E-state index contributed by atoms with van der Waals surface area (Å²) in [6.45, 7) is 2.62. The van der Waals surface area contributed by atoms with E-state index in [1.54, 1.807) is 41.3 Å². The van der Waals surface area contributed by atoms with Gasteiger partial charge in [-0.3, -0.25) is 4.79 Å². The maximum Gasteiger partial charge on any atom is 0.410 e. The summed E-state index contributed by atoms with van der Waals surface area (Å²) in [6.07, 6.45) is 0.501. The Morgan fingerprint density at radius 3 is 2.50 bits per heavy atom. The van der Waals surface area contributed by atoms with Crippen molar-refractivity contribution in [3.8, 4) is 0 Å². The Morgan fingerprint density at radius 2 is 1.69 bits per heavy atom. The minimum atomic E-state index is -0.357. The summed E-state index contributed by atoms with van der Waals surface area (Å²) in [7, 11) is 0. The van der Waals surface area contributed by atoms with Gasteiger partial charge in [0.2, 0.25) is 0 Å². The third-order valence-corrected chi connectivity index (χ3v) is 6.63. The van der Waals surface area contributed by atoms with Crippen LogP contribution in [-0.4, -0.2) is 63.4 Å². The van der Waals surface area contributed by atoms with E-state index in [1.807, 2.05) is 4.90 Å². The number of aromatic amines is 1. The summed E-state index contributed by atoms with van der Waals surface area (Å²) in [5.41, 5.74) is 2.74. The van der Waals surface area contributed by atoms with E-state index in [0.717, 1.165) is 17.5 Å². The molecule has 2 amide bonds. The Bertz CT molecular complexity index is 1160. The summed E-state index contributed by atoms with van der Waals surface area (Å²) in [5.74, 6) is 0.578. The van der Waals surface area contributed by atoms with E-state index in [-0.39, 0.29) is 24.5 Å². The maximum atomic E-state index is 13.0. The number of amides is 2. The van der Waals surface area contributed by atoms with Crippen molar-refractivity contribution in [2.24, 2.45) is 11.8 Å². The van der Waals surface area contributed by atoms with Crippen LogP contribution in [0.4, 0.5) is 4.79 Å². The summed E-state index contributed by atoms with van der Waals surface area (Å²) in [5, 5.41) is 11.7. The van der Waals surface area contributed by atoms with E-state index in [9.17, 15) is 9.59 Å². The third kappa shape index (κ3) is 4.25. The molecular formula is C22H21Cl2N5O3. The molecule has 2 fully saturated rings. The molecule has 0 bridgehead atoms. The second-order valence-corrected chi connectivity index (χ2v) is 9.20. The lowest BCUT2D eigenvalue weighted by Crippen LogP contribution is -2.43. The Balaban J connectivity index is 1.19. The van der Waals surface area contributed by atoms with Crippen molar-refractivity contribution >= 4 is 46.2 Å². The van der Waals surface area contributed by atoms with Gasteiger partial charge >= 0.3 is 6.09 Å². The van der Waals surface area contributed by atoms with Crippen molar-refractivity contribution in [2.75, 3.05) is 26.2 Å². The highest BCUT2D eigenvalue weighted by Gasteiger charge is 2.40. The van der Waals surface area contributed by atoms with Crippen LogP contribution < -0.4 is 0 Å². The predicted molar refractivity (Wildman–Crippen MR) is 120 cm³/mol. The van der Waals surface area contributed by atoms with Crippen molar-refractivity contribution in [1.29, 1.82) is 0 Å². The van der Waals surface area contributed by atoms with Crippen molar-refractivity contribution in [2.45, 2.75) is 13.0 Å². The number of benzene rings is 2. The monoisotopic (exact) mass is 473 g/mol. The standard InChI is InChI=1S/C22H21Cl2N5O3/c23-17-5-13(6-18(24)8-17)12-32-22(31)29-9-15-3-4-28(10-16(15)11-29)21(30)14-1-2-19-20(7-14)26-27-25-19/h1-2,5-8,15-16H,3-4,9-12H2,(H,25,26,27)/t15-,16-/m0/s1. The Hall–Kier alpha value is -2.84. The number of piperidine rings is 1. The van der Waals surface area contributed by atoms with Gasteiger partial charge in [-0.2, -0.15) is 15.4 Å². The van der Waals surface area contributed by atoms with Gasteiger partial charge in [0.15, 0.2) is 0 Å². The van der Waals surface area contributed by atoms with E-state index >= 15 is 0 Å². The average molecular weight is 474 g/mol. The number of carbonyl (C=O) groups excluding carboxylic acids is 2. The molecule has 2 atom stereocenters. The van der Waals surface area contributed by atoms with Crippen LogP contribution in [0.15, 0.2) is 36.4 Å². The van der Waals surface area contributed by atoms with E-state index in [4.69, 9.17) is 27.9 Å². The highest BCUT2D eigenvalue weighted by atomic mass is 35.5. The molecule has 2 aliphatic heterocycles. The zero-order chi connectivity index (χ0) is 22.2. The van der Waals surface area contributed by atoms with Gasteiger partial charge in [0.05, 0.1) is 0 Å². The molecule has 166 valence electrons. The third-order valence-electron chi connectivity index (χ3n) is 6.19. The normalized spacial score (nSPS) is 20.4. The molecule has 1 N–H and O–H groups in total. The number of halogens is 2. The fourth-order valence-electron chi connectivity index (χ4n) is 4.59. The van der Waals surface area contributed by atoms with Crippen molar-refractivity contribution in [1.82, 2.24) is 25.2 Å². The minimum Gasteiger partial charge on any atom is -0.445 e. The van der Waals surface area contributed by atoms with Gasteiger partial charge in [0.1, 0.15) is 17.6 Å². The average Bonchev–Trinajstić information content (AvgIpc) is 3.42. The fourth-order valence-corrected chi connectivity index (χ4v) is 5.16. The Morgan fingerprint density at radius 1 is 0.969 bits per heavy atom. The molecule has 32 heavy (non-hydrogen) atoms. The number of likely N-dealkylation sites (tertiary alicyclic amines) is 2. The number of aromatic nitrogens is 3. The zero-order valence-electron chi connectivity index (χ0n) is 17.1. The first-order valence-electron chi connectivity index (χ1n) is 10.4. The molecule has 2 aromatic carbocycles. The van der Waals surface area contributed by atoms with Crippen LogP contribution in [0.25, 0.3) is 11.0 Å². The summed E-state index contributed by atoms with van der Waals surface area (Å²) in [4.78, 5) is 29.2. The molecule has 2 aliphatic rings. The quantitative estimate of drug-likeness (QED) is 0.620. The van der Waals surface area contributed by atoms with Gasteiger partial charge < -0.3 is 14.5 Å². The summed E-state index contributed by atoms with van der Waals surface area (Å²) >= 11 is 12.0. The first kappa shape index (κ1) is 21.0. The van der Waals surface area contributed by atoms with Gasteiger partial charge in [-0.15, -0.1) is 0 Å². The SMILES string of the molecule is O=C(OCc1cc(Cl)cc(Cl)c1)N1C[C@@H]2CN(C(=O)c3ccc4n[nH]nc4c3)CC[C@H]2C1. The molecule has 2 saturated heterocycles. The number of ether oxygens (including phenoxy) is 1. The maximum absolute atomic E-state index is 13.0. The zero-order valence-corrected chi connectivity index (χ0v) is 18.6. The van der Waals surface area contributed by atoms with Crippen LogP contribution in [0.1, 0.15) is 22.3 Å². The molecule has 3 aromatic rings. The van der Waals surface area contributed by atoms with Crippen molar-refractivity contribution < 1.29 is 14.3 Å². The fraction of sp³-hybridized carbons (Fsp3) is 0.364. The molecule has 5 rings (SSSR count). The number of hydrogen-bond donors (Lipinski definition) is 1. The molecule has 10 heteroatoms. The number of fused-ring (bicyclic) bond motifs is 2. The molecule has 0 aliphatic carbocycles. The van der Waals surface area contributed by atoms with Gasteiger partial charge in [-0.05, 0) is 60.2 Å². The van der Waals surface area contributed by atoms with Crippen molar-refractivity contribution in [3.05, 3.63) is 57.6 Å². The molecular weight excluding hydrogens is 453 g/mol. The van der Waals surface area contributed by atoms with E-state index < -0.39 is 0 Å². The highest BCUT2D eigenvalue weighted by Crippen LogP contribution is 2.32. The van der Waals surface area contributed by atoms with Crippen LogP contribution in [0.2, 0.25) is 10.0 Å². The number of nitrogens with zero attached hydrogens (tertiary/aromatic N) is 4. The minimum absolute atomic E-state index is 0.0211. The molecule has 0 unspecified atom stereocenters. The van der Waals surface area contributed by atoms with Crippen molar-refractivity contribution in [3.63, 3.8) is 0 Å². The first-order valence-corrected chi connectivity index (χ1v) is 11.2. The second-order valence-electron chi connectivity index (χ2n) is 8.32.